The number of methoxy groups -OCH3 is 1. The molecule has 1 fully saturated rings. The van der Waals surface area contributed by atoms with E-state index >= 15 is 0 Å². The van der Waals surface area contributed by atoms with Crippen molar-refractivity contribution in [2.45, 2.75) is 85.9 Å². The summed E-state index contributed by atoms with van der Waals surface area (Å²) in [7, 11) is 5.99. The number of carbonyl (C=O) groups is 1. The predicted molar refractivity (Wildman–Crippen MR) is 186 cm³/mol. The third kappa shape index (κ3) is 9.21. The second kappa shape index (κ2) is 17.2. The highest BCUT2D eigenvalue weighted by atomic mass is 16.5. The lowest BCUT2D eigenvalue weighted by Gasteiger charge is -2.40. The molecule has 1 heterocycles. The van der Waals surface area contributed by atoms with Crippen LogP contribution in [0.15, 0.2) is 47.3 Å². The van der Waals surface area contributed by atoms with Gasteiger partial charge < -0.3 is 29.6 Å². The van der Waals surface area contributed by atoms with Crippen LogP contribution in [-0.4, -0.2) is 68.8 Å². The lowest BCUT2D eigenvalue weighted by atomic mass is 9.88. The number of H-pyrrole nitrogens is 1. The summed E-state index contributed by atoms with van der Waals surface area (Å²) in [6.07, 6.45) is 4.56. The highest BCUT2D eigenvalue weighted by molar-refractivity contribution is 5.99. The topological polar surface area (TPSA) is 86.9 Å². The molecule has 0 spiro atoms. The Morgan fingerprint density at radius 1 is 0.933 bits per heavy atom. The van der Waals surface area contributed by atoms with Gasteiger partial charge in [-0.05, 0) is 120 Å². The minimum Gasteiger partial charge on any atom is -0.491 e. The number of hydrogen-bond donors (Lipinski definition) is 2. The molecule has 246 valence electrons. The van der Waals surface area contributed by atoms with Crippen molar-refractivity contribution >= 4 is 11.6 Å². The third-order valence-corrected chi connectivity index (χ3v) is 8.78. The van der Waals surface area contributed by atoms with E-state index in [1.54, 1.807) is 7.11 Å². The number of benzene rings is 2. The number of ether oxygens (including phenoxy) is 2. The van der Waals surface area contributed by atoms with Gasteiger partial charge in [0.2, 0.25) is 0 Å². The fourth-order valence-corrected chi connectivity index (χ4v) is 6.26. The van der Waals surface area contributed by atoms with E-state index in [1.165, 1.54) is 0 Å². The van der Waals surface area contributed by atoms with Crippen LogP contribution < -0.4 is 20.5 Å². The number of pyridine rings is 1. The monoisotopic (exact) mass is 618 g/mol. The predicted octanol–water partition coefficient (Wildman–Crippen LogP) is 6.65. The number of hydrogen-bond acceptors (Lipinski definition) is 6. The number of aromatic amines is 1. The molecule has 0 unspecified atom stereocenters. The zero-order valence-corrected chi connectivity index (χ0v) is 28.9. The summed E-state index contributed by atoms with van der Waals surface area (Å²) in [5.41, 5.74) is 6.72. The fraction of sp³-hybridized carbons (Fsp3) is 0.514. The Labute approximate surface area is 270 Å². The number of rotatable bonds is 12. The molecular weight excluding hydrogens is 564 g/mol. The molecule has 0 atom stereocenters. The summed E-state index contributed by atoms with van der Waals surface area (Å²) < 4.78 is 10.9. The summed E-state index contributed by atoms with van der Waals surface area (Å²) in [6, 6.07) is 15.1. The molecule has 0 saturated heterocycles. The molecule has 45 heavy (non-hydrogen) atoms. The number of aromatic nitrogens is 1. The first kappa shape index (κ1) is 35.9. The Bertz CT molecular complexity index is 1440. The molecule has 1 aromatic heterocycles. The van der Waals surface area contributed by atoms with Crippen LogP contribution in [0.5, 0.6) is 5.75 Å². The number of nitrogens with zero attached hydrogens (tertiary/aromatic N) is 2. The maximum absolute atomic E-state index is 13.8. The average molecular weight is 619 g/mol. The maximum Gasteiger partial charge on any atom is 0.253 e. The van der Waals surface area contributed by atoms with Crippen molar-refractivity contribution in [2.75, 3.05) is 45.9 Å². The van der Waals surface area contributed by atoms with Gasteiger partial charge in [0.15, 0.2) is 0 Å². The zero-order valence-electron chi connectivity index (χ0n) is 28.9. The zero-order chi connectivity index (χ0) is 33.1. The van der Waals surface area contributed by atoms with Gasteiger partial charge in [-0.3, -0.25) is 9.59 Å². The van der Waals surface area contributed by atoms with E-state index in [4.69, 9.17) is 9.47 Å². The molecule has 0 aliphatic heterocycles. The van der Waals surface area contributed by atoms with Crippen LogP contribution in [0.4, 0.5) is 5.69 Å². The van der Waals surface area contributed by atoms with Gasteiger partial charge in [0, 0.05) is 54.8 Å². The van der Waals surface area contributed by atoms with Crippen molar-refractivity contribution in [1.82, 2.24) is 15.2 Å². The normalized spacial score (nSPS) is 16.1. The molecular formula is C37H54N4O4. The highest BCUT2D eigenvalue weighted by Gasteiger charge is 2.28. The van der Waals surface area contributed by atoms with Crippen LogP contribution >= 0.6 is 0 Å². The van der Waals surface area contributed by atoms with E-state index in [0.29, 0.717) is 36.4 Å². The Balaban J connectivity index is 0.00000271. The molecule has 4 rings (SSSR count). The van der Waals surface area contributed by atoms with Gasteiger partial charge in [-0.25, -0.2) is 0 Å². The number of aryl methyl sites for hydroxylation is 2. The Morgan fingerprint density at radius 3 is 2.16 bits per heavy atom. The standard InChI is InChI=1S/C35H48N4O4.C2H6/c1-8-39(29-13-11-28(12-14-29)38(5)6)33-21-27(26-9-15-30(16-10-26)43-18-17-42-7)20-31(25(33)4)34(40)36-22-32-23(2)19-24(3)37-35(32)41;1-2/h9-10,15-16,19-21,28-29H,8,11-14,17-18,22H2,1-7H3,(H,36,40)(H,37,41);1-2H3. The van der Waals surface area contributed by atoms with Gasteiger partial charge in [-0.15, -0.1) is 0 Å². The Kier molecular flexibility index (Phi) is 13.7. The average Bonchev–Trinajstić information content (AvgIpc) is 3.03. The molecule has 1 amide bonds. The maximum atomic E-state index is 13.8. The lowest BCUT2D eigenvalue weighted by molar-refractivity contribution is 0.0950. The third-order valence-electron chi connectivity index (χ3n) is 8.78. The first-order valence-corrected chi connectivity index (χ1v) is 16.4. The molecule has 8 nitrogen and oxygen atoms in total. The second-order valence-electron chi connectivity index (χ2n) is 11.9. The highest BCUT2D eigenvalue weighted by Crippen LogP contribution is 2.36. The molecule has 0 radical (unpaired) electrons. The molecule has 3 aromatic rings. The Morgan fingerprint density at radius 2 is 1.58 bits per heavy atom. The van der Waals surface area contributed by atoms with Crippen molar-refractivity contribution < 1.29 is 14.3 Å². The van der Waals surface area contributed by atoms with Crippen LogP contribution in [0.1, 0.15) is 79.2 Å². The van der Waals surface area contributed by atoms with Gasteiger partial charge in [-0.2, -0.15) is 0 Å². The summed E-state index contributed by atoms with van der Waals surface area (Å²) in [4.78, 5) is 34.1. The van der Waals surface area contributed by atoms with Crippen molar-refractivity contribution in [3.8, 4) is 16.9 Å². The molecule has 0 bridgehead atoms. The number of carbonyl (C=O) groups excluding carboxylic acids is 1. The molecule has 1 aliphatic rings. The van der Waals surface area contributed by atoms with Crippen LogP contribution in [0.25, 0.3) is 11.1 Å². The summed E-state index contributed by atoms with van der Waals surface area (Å²) in [5, 5.41) is 3.04. The minimum atomic E-state index is -0.188. The van der Waals surface area contributed by atoms with E-state index in [1.807, 2.05) is 71.0 Å². The quantitative estimate of drug-likeness (QED) is 0.221. The first-order chi connectivity index (χ1) is 21.6. The smallest absolute Gasteiger partial charge is 0.253 e. The van der Waals surface area contributed by atoms with Gasteiger partial charge in [0.1, 0.15) is 12.4 Å². The van der Waals surface area contributed by atoms with Crippen molar-refractivity contribution in [3.05, 3.63) is 80.8 Å². The van der Waals surface area contributed by atoms with Gasteiger partial charge in [0.25, 0.3) is 11.5 Å². The number of amides is 1. The van der Waals surface area contributed by atoms with Crippen molar-refractivity contribution in [3.63, 3.8) is 0 Å². The van der Waals surface area contributed by atoms with Crippen molar-refractivity contribution in [2.24, 2.45) is 0 Å². The number of nitrogens with one attached hydrogen (secondary N) is 2. The molecule has 8 heteroatoms. The second-order valence-corrected chi connectivity index (χ2v) is 11.9. The largest absolute Gasteiger partial charge is 0.491 e. The van der Waals surface area contributed by atoms with Gasteiger partial charge >= 0.3 is 0 Å². The molecule has 1 aliphatic carbocycles. The van der Waals surface area contributed by atoms with Gasteiger partial charge in [0.05, 0.1) is 6.61 Å². The summed E-state index contributed by atoms with van der Waals surface area (Å²) in [6.45, 7) is 14.0. The van der Waals surface area contributed by atoms with Gasteiger partial charge in [-0.1, -0.05) is 26.0 Å². The molecule has 2 N–H and O–H groups in total. The fourth-order valence-electron chi connectivity index (χ4n) is 6.26. The molecule has 2 aromatic carbocycles. The minimum absolute atomic E-state index is 0.165. The SMILES string of the molecule is CC.CCN(c1cc(-c2ccc(OCCOC)cc2)cc(C(=O)NCc2c(C)cc(C)[nH]c2=O)c1C)C1CCC(N(C)C)CC1. The van der Waals surface area contributed by atoms with E-state index in [-0.39, 0.29) is 18.0 Å². The molecule has 1 saturated carbocycles. The van der Waals surface area contributed by atoms with Crippen LogP contribution in [0.3, 0.4) is 0 Å². The Hall–Kier alpha value is -3.62. The number of anilines is 1. The van der Waals surface area contributed by atoms with E-state index in [2.05, 4.69) is 47.2 Å². The van der Waals surface area contributed by atoms with E-state index in [0.717, 1.165) is 71.6 Å². The first-order valence-electron chi connectivity index (χ1n) is 16.4. The van der Waals surface area contributed by atoms with E-state index in [9.17, 15) is 9.59 Å². The van der Waals surface area contributed by atoms with Crippen LogP contribution in [-0.2, 0) is 11.3 Å². The summed E-state index contributed by atoms with van der Waals surface area (Å²) in [5.74, 6) is 0.587. The summed E-state index contributed by atoms with van der Waals surface area (Å²) >= 11 is 0. The lowest BCUT2D eigenvalue weighted by Crippen LogP contribution is -2.42. The van der Waals surface area contributed by atoms with Crippen LogP contribution in [0, 0.1) is 20.8 Å². The van der Waals surface area contributed by atoms with E-state index < -0.39 is 0 Å². The van der Waals surface area contributed by atoms with Crippen molar-refractivity contribution in [1.29, 1.82) is 0 Å². The van der Waals surface area contributed by atoms with Crippen LogP contribution in [0.2, 0.25) is 0 Å².